The van der Waals surface area contributed by atoms with Gasteiger partial charge in [0.05, 0.1) is 18.3 Å². The summed E-state index contributed by atoms with van der Waals surface area (Å²) < 4.78 is 7.52. The van der Waals surface area contributed by atoms with Crippen molar-refractivity contribution in [1.29, 1.82) is 0 Å². The van der Waals surface area contributed by atoms with Crippen LogP contribution in [0.15, 0.2) is 6.20 Å². The van der Waals surface area contributed by atoms with Crippen molar-refractivity contribution in [3.63, 3.8) is 0 Å². The molecular weight excluding hydrogens is 262 g/mol. The number of hydrogen-bond donors (Lipinski definition) is 1. The van der Waals surface area contributed by atoms with Gasteiger partial charge in [-0.1, -0.05) is 26.2 Å². The molecule has 0 saturated heterocycles. The molecule has 0 aromatic carbocycles. The molecule has 4 heteroatoms. The molecule has 1 heterocycles. The molecule has 1 fully saturated rings. The molecule has 1 aromatic rings. The minimum Gasteiger partial charge on any atom is -0.383 e. The first-order chi connectivity index (χ1) is 10.2. The lowest BCUT2D eigenvalue weighted by Gasteiger charge is -2.31. The summed E-state index contributed by atoms with van der Waals surface area (Å²) in [4.78, 5) is 4.69. The Morgan fingerprint density at radius 2 is 2.10 bits per heavy atom. The van der Waals surface area contributed by atoms with Crippen molar-refractivity contribution in [2.75, 3.05) is 19.0 Å². The molecule has 1 aliphatic carbocycles. The van der Waals surface area contributed by atoms with E-state index in [1.54, 1.807) is 7.11 Å². The standard InChI is InChI=1S/C17H31N3O/c1-5-16(15-9-7-6-8-10-15)19-17-18-13(2)11-20(17)14(3)12-21-4/h11,14-16H,5-10,12H2,1-4H3,(H,18,19). The van der Waals surface area contributed by atoms with Crippen LogP contribution in [0.4, 0.5) is 5.95 Å². The first-order valence-electron chi connectivity index (χ1n) is 8.46. The molecule has 21 heavy (non-hydrogen) atoms. The molecule has 0 spiro atoms. The minimum atomic E-state index is 0.308. The van der Waals surface area contributed by atoms with E-state index < -0.39 is 0 Å². The highest BCUT2D eigenvalue weighted by Crippen LogP contribution is 2.30. The summed E-state index contributed by atoms with van der Waals surface area (Å²) in [6, 6.07) is 0.850. The lowest BCUT2D eigenvalue weighted by molar-refractivity contribution is 0.162. The number of aryl methyl sites for hydroxylation is 1. The topological polar surface area (TPSA) is 39.1 Å². The average molecular weight is 293 g/mol. The third-order valence-corrected chi connectivity index (χ3v) is 4.71. The van der Waals surface area contributed by atoms with Crippen LogP contribution in [0.25, 0.3) is 0 Å². The zero-order valence-electron chi connectivity index (χ0n) is 14.1. The first-order valence-corrected chi connectivity index (χ1v) is 8.46. The summed E-state index contributed by atoms with van der Waals surface area (Å²) in [6.45, 7) is 7.23. The van der Waals surface area contributed by atoms with Gasteiger partial charge in [0.15, 0.2) is 0 Å². The van der Waals surface area contributed by atoms with Crippen molar-refractivity contribution in [2.45, 2.75) is 71.4 Å². The second-order valence-corrected chi connectivity index (χ2v) is 6.47. The van der Waals surface area contributed by atoms with E-state index in [1.807, 2.05) is 0 Å². The number of anilines is 1. The maximum Gasteiger partial charge on any atom is 0.203 e. The lowest BCUT2D eigenvalue weighted by atomic mass is 9.83. The number of rotatable bonds is 7. The Balaban J connectivity index is 2.09. The molecule has 2 atom stereocenters. The van der Waals surface area contributed by atoms with Crippen LogP contribution in [0.3, 0.4) is 0 Å². The lowest BCUT2D eigenvalue weighted by Crippen LogP contribution is -2.31. The number of imidazole rings is 1. The highest BCUT2D eigenvalue weighted by Gasteiger charge is 2.24. The van der Waals surface area contributed by atoms with Gasteiger partial charge in [0.1, 0.15) is 0 Å². The molecule has 4 nitrogen and oxygen atoms in total. The van der Waals surface area contributed by atoms with Gasteiger partial charge in [-0.25, -0.2) is 4.98 Å². The molecule has 1 saturated carbocycles. The molecule has 1 N–H and O–H groups in total. The monoisotopic (exact) mass is 293 g/mol. The van der Waals surface area contributed by atoms with Crippen LogP contribution in [0.1, 0.15) is 64.1 Å². The molecule has 120 valence electrons. The van der Waals surface area contributed by atoms with E-state index in [0.29, 0.717) is 18.7 Å². The van der Waals surface area contributed by atoms with Crippen molar-refractivity contribution in [3.8, 4) is 0 Å². The highest BCUT2D eigenvalue weighted by atomic mass is 16.5. The van der Waals surface area contributed by atoms with Crippen LogP contribution in [-0.2, 0) is 4.74 Å². The van der Waals surface area contributed by atoms with Gasteiger partial charge in [-0.2, -0.15) is 0 Å². The number of nitrogens with zero attached hydrogens (tertiary/aromatic N) is 2. The normalized spacial score (nSPS) is 19.4. The molecule has 0 radical (unpaired) electrons. The number of ether oxygens (including phenoxy) is 1. The van der Waals surface area contributed by atoms with Crippen molar-refractivity contribution in [2.24, 2.45) is 5.92 Å². The van der Waals surface area contributed by atoms with E-state index in [1.165, 1.54) is 32.1 Å². The van der Waals surface area contributed by atoms with Gasteiger partial charge >= 0.3 is 0 Å². The second-order valence-electron chi connectivity index (χ2n) is 6.47. The Hall–Kier alpha value is -1.03. The Kier molecular flexibility index (Phi) is 6.09. The minimum absolute atomic E-state index is 0.308. The molecule has 0 amide bonds. The van der Waals surface area contributed by atoms with Gasteiger partial charge in [0.25, 0.3) is 0 Å². The van der Waals surface area contributed by atoms with Crippen LogP contribution in [0.2, 0.25) is 0 Å². The Labute approximate surface area is 129 Å². The van der Waals surface area contributed by atoms with E-state index >= 15 is 0 Å². The van der Waals surface area contributed by atoms with Crippen molar-refractivity contribution >= 4 is 5.95 Å². The van der Waals surface area contributed by atoms with Crippen molar-refractivity contribution in [1.82, 2.24) is 9.55 Å². The van der Waals surface area contributed by atoms with Crippen molar-refractivity contribution < 1.29 is 4.74 Å². The summed E-state index contributed by atoms with van der Waals surface area (Å²) in [5.41, 5.74) is 1.07. The smallest absolute Gasteiger partial charge is 0.203 e. The van der Waals surface area contributed by atoms with E-state index in [2.05, 4.69) is 36.9 Å². The summed E-state index contributed by atoms with van der Waals surface area (Å²) >= 11 is 0. The van der Waals surface area contributed by atoms with E-state index in [-0.39, 0.29) is 0 Å². The summed E-state index contributed by atoms with van der Waals surface area (Å²) in [5.74, 6) is 1.81. The van der Waals surface area contributed by atoms with Gasteiger partial charge in [-0.15, -0.1) is 0 Å². The summed E-state index contributed by atoms with van der Waals surface area (Å²) in [7, 11) is 1.75. The molecule has 0 aliphatic heterocycles. The number of aromatic nitrogens is 2. The fourth-order valence-corrected chi connectivity index (χ4v) is 3.54. The van der Waals surface area contributed by atoms with Crippen LogP contribution in [-0.4, -0.2) is 29.3 Å². The van der Waals surface area contributed by atoms with Crippen LogP contribution < -0.4 is 5.32 Å². The van der Waals surface area contributed by atoms with Gasteiger partial charge < -0.3 is 14.6 Å². The zero-order chi connectivity index (χ0) is 15.2. The van der Waals surface area contributed by atoms with Crippen LogP contribution in [0, 0.1) is 12.8 Å². The van der Waals surface area contributed by atoms with Crippen LogP contribution >= 0.6 is 0 Å². The number of nitrogens with one attached hydrogen (secondary N) is 1. The van der Waals surface area contributed by atoms with Gasteiger partial charge in [0, 0.05) is 19.3 Å². The Bertz CT molecular complexity index is 424. The molecule has 1 aromatic heterocycles. The summed E-state index contributed by atoms with van der Waals surface area (Å²) in [6.07, 6.45) is 10.2. The third kappa shape index (κ3) is 4.22. The second kappa shape index (κ2) is 7.83. The molecular formula is C17H31N3O. The fraction of sp³-hybridized carbons (Fsp3) is 0.824. The maximum atomic E-state index is 5.29. The zero-order valence-corrected chi connectivity index (χ0v) is 14.1. The van der Waals surface area contributed by atoms with Gasteiger partial charge in [0.2, 0.25) is 5.95 Å². The molecule has 2 rings (SSSR count). The third-order valence-electron chi connectivity index (χ3n) is 4.71. The first kappa shape index (κ1) is 16.3. The van der Waals surface area contributed by atoms with E-state index in [0.717, 1.165) is 24.0 Å². The van der Waals surface area contributed by atoms with Crippen molar-refractivity contribution in [3.05, 3.63) is 11.9 Å². The molecule has 2 unspecified atom stereocenters. The molecule has 0 bridgehead atoms. The number of methoxy groups -OCH3 is 1. The fourth-order valence-electron chi connectivity index (χ4n) is 3.54. The Morgan fingerprint density at radius 1 is 1.38 bits per heavy atom. The largest absolute Gasteiger partial charge is 0.383 e. The van der Waals surface area contributed by atoms with E-state index in [9.17, 15) is 0 Å². The average Bonchev–Trinajstić information content (AvgIpc) is 2.87. The predicted octanol–water partition coefficient (Wildman–Crippen LogP) is 4.17. The SMILES string of the molecule is CCC(Nc1nc(C)cn1C(C)COC)C1CCCCC1. The highest BCUT2D eigenvalue weighted by molar-refractivity contribution is 5.31. The quantitative estimate of drug-likeness (QED) is 0.820. The molecule has 1 aliphatic rings. The number of hydrogen-bond acceptors (Lipinski definition) is 3. The van der Waals surface area contributed by atoms with E-state index in [4.69, 9.17) is 9.72 Å². The predicted molar refractivity (Wildman–Crippen MR) is 87.8 cm³/mol. The van der Waals surface area contributed by atoms with Gasteiger partial charge in [-0.05, 0) is 39.0 Å². The Morgan fingerprint density at radius 3 is 2.71 bits per heavy atom. The maximum absolute atomic E-state index is 5.29. The van der Waals surface area contributed by atoms with Crippen LogP contribution in [0.5, 0.6) is 0 Å². The summed E-state index contributed by atoms with van der Waals surface area (Å²) in [5, 5.41) is 3.72. The van der Waals surface area contributed by atoms with Gasteiger partial charge in [-0.3, -0.25) is 0 Å².